The number of piperazine rings is 1. The van der Waals surface area contributed by atoms with Crippen LogP contribution in [0.1, 0.15) is 57.6 Å². The van der Waals surface area contributed by atoms with Crippen LogP contribution in [0.25, 0.3) is 0 Å². The summed E-state index contributed by atoms with van der Waals surface area (Å²) in [6, 6.07) is 17.8. The van der Waals surface area contributed by atoms with Gasteiger partial charge in [-0.2, -0.15) is 0 Å². The molecular formula is C28H34N2O5. The van der Waals surface area contributed by atoms with Gasteiger partial charge in [-0.25, -0.2) is 9.59 Å². The van der Waals surface area contributed by atoms with Crippen LogP contribution >= 0.6 is 0 Å². The Morgan fingerprint density at radius 1 is 0.943 bits per heavy atom. The fourth-order valence-electron chi connectivity index (χ4n) is 5.23. The van der Waals surface area contributed by atoms with Crippen LogP contribution in [-0.4, -0.2) is 64.6 Å². The van der Waals surface area contributed by atoms with E-state index in [1.807, 2.05) is 65.6 Å². The molecule has 186 valence electrons. The normalized spacial score (nSPS) is 21.7. The first-order chi connectivity index (χ1) is 16.7. The first kappa shape index (κ1) is 24.8. The first-order valence-corrected chi connectivity index (χ1v) is 12.3. The molecule has 2 aromatic carbocycles. The number of amides is 2. The second-order valence-corrected chi connectivity index (χ2v) is 10.1. The number of ether oxygens (including phenoxy) is 2. The molecule has 2 aliphatic rings. The van der Waals surface area contributed by atoms with Gasteiger partial charge in [0.25, 0.3) is 0 Å². The number of fused-ring (bicyclic) bond motifs is 2. The summed E-state index contributed by atoms with van der Waals surface area (Å²) < 4.78 is 11.0. The van der Waals surface area contributed by atoms with E-state index in [9.17, 15) is 14.4 Å². The number of carbonyl (C=O) groups is 3. The monoisotopic (exact) mass is 478 g/mol. The third-order valence-corrected chi connectivity index (χ3v) is 6.58. The number of benzene rings is 2. The molecule has 0 aliphatic carbocycles. The van der Waals surface area contributed by atoms with Crippen LogP contribution in [0.15, 0.2) is 60.7 Å². The van der Waals surface area contributed by atoms with Crippen molar-refractivity contribution >= 4 is 18.0 Å². The second kappa shape index (κ2) is 10.1. The average Bonchev–Trinajstić information content (AvgIpc) is 3.12. The highest BCUT2D eigenvalue weighted by molar-refractivity contribution is 5.90. The van der Waals surface area contributed by atoms with Gasteiger partial charge in [0.1, 0.15) is 5.60 Å². The maximum atomic E-state index is 14.2. The molecule has 7 heteroatoms. The number of hydrogen-bond acceptors (Lipinski definition) is 5. The summed E-state index contributed by atoms with van der Waals surface area (Å²) in [7, 11) is 0. The van der Waals surface area contributed by atoms with Crippen molar-refractivity contribution in [1.82, 2.24) is 9.80 Å². The molecule has 2 aromatic rings. The lowest BCUT2D eigenvalue weighted by atomic mass is 9.88. The topological polar surface area (TPSA) is 76.2 Å². The standard InChI is InChI=1S/C28H34N2O5/c1-5-34-26(32)24-22-17-16-21(18-29(24)27(33)35-28(2,3)4)30(22)25(31)23(19-12-8-6-9-13-19)20-14-10-7-11-15-20/h6-15,21-24H,5,16-18H2,1-4H3/t21-,22+,24+/m0/s1. The molecule has 2 fully saturated rings. The highest BCUT2D eigenvalue weighted by atomic mass is 16.6. The lowest BCUT2D eigenvalue weighted by molar-refractivity contribution is -0.158. The van der Waals surface area contributed by atoms with Crippen molar-refractivity contribution < 1.29 is 23.9 Å². The highest BCUT2D eigenvalue weighted by Gasteiger charge is 2.54. The zero-order valence-electron chi connectivity index (χ0n) is 20.8. The Hall–Kier alpha value is -3.35. The van der Waals surface area contributed by atoms with E-state index >= 15 is 0 Å². The summed E-state index contributed by atoms with van der Waals surface area (Å²) in [4.78, 5) is 43.8. The Morgan fingerprint density at radius 2 is 1.51 bits per heavy atom. The Balaban J connectivity index is 1.70. The van der Waals surface area contributed by atoms with E-state index in [1.54, 1.807) is 27.7 Å². The fourth-order valence-corrected chi connectivity index (χ4v) is 5.23. The molecule has 0 radical (unpaired) electrons. The number of rotatable bonds is 5. The van der Waals surface area contributed by atoms with Crippen LogP contribution in [-0.2, 0) is 19.1 Å². The molecule has 35 heavy (non-hydrogen) atoms. The van der Waals surface area contributed by atoms with Crippen molar-refractivity contribution in [2.75, 3.05) is 13.2 Å². The largest absolute Gasteiger partial charge is 0.464 e. The van der Waals surface area contributed by atoms with Crippen LogP contribution < -0.4 is 0 Å². The van der Waals surface area contributed by atoms with E-state index in [1.165, 1.54) is 4.90 Å². The summed E-state index contributed by atoms with van der Waals surface area (Å²) >= 11 is 0. The zero-order valence-corrected chi connectivity index (χ0v) is 20.8. The van der Waals surface area contributed by atoms with Crippen LogP contribution in [0.4, 0.5) is 4.79 Å². The van der Waals surface area contributed by atoms with Crippen molar-refractivity contribution in [3.05, 3.63) is 71.8 Å². The molecule has 0 aromatic heterocycles. The molecule has 0 spiro atoms. The van der Waals surface area contributed by atoms with Gasteiger partial charge in [-0.05, 0) is 51.7 Å². The summed E-state index contributed by atoms with van der Waals surface area (Å²) in [6.45, 7) is 7.55. The van der Waals surface area contributed by atoms with E-state index in [4.69, 9.17) is 9.47 Å². The third-order valence-electron chi connectivity index (χ3n) is 6.58. The quantitative estimate of drug-likeness (QED) is 0.597. The molecular weight excluding hydrogens is 444 g/mol. The molecule has 2 heterocycles. The number of nitrogens with zero attached hydrogens (tertiary/aromatic N) is 2. The first-order valence-electron chi connectivity index (χ1n) is 12.3. The van der Waals surface area contributed by atoms with Gasteiger partial charge in [0.15, 0.2) is 6.04 Å². The molecule has 0 unspecified atom stereocenters. The van der Waals surface area contributed by atoms with E-state index in [-0.39, 0.29) is 25.1 Å². The SMILES string of the molecule is CCOC(=O)[C@H]1[C@H]2CC[C@@H](CN1C(=O)OC(C)(C)C)N2C(=O)C(c1ccccc1)c1ccccc1. The molecule has 0 saturated carbocycles. The van der Waals surface area contributed by atoms with Crippen LogP contribution in [0.2, 0.25) is 0 Å². The van der Waals surface area contributed by atoms with E-state index in [0.29, 0.717) is 12.8 Å². The fraction of sp³-hybridized carbons (Fsp3) is 0.464. The summed E-state index contributed by atoms with van der Waals surface area (Å²) in [5.41, 5.74) is 1.09. The van der Waals surface area contributed by atoms with E-state index in [0.717, 1.165) is 11.1 Å². The number of carbonyl (C=O) groups excluding carboxylic acids is 3. The molecule has 0 N–H and O–H groups in total. The van der Waals surface area contributed by atoms with Crippen LogP contribution in [0, 0.1) is 0 Å². The minimum absolute atomic E-state index is 0.0620. The number of likely N-dealkylation sites (tertiary alicyclic amines) is 1. The van der Waals surface area contributed by atoms with Gasteiger partial charge < -0.3 is 14.4 Å². The second-order valence-electron chi connectivity index (χ2n) is 10.1. The van der Waals surface area contributed by atoms with Gasteiger partial charge >= 0.3 is 12.1 Å². The van der Waals surface area contributed by atoms with Gasteiger partial charge in [0, 0.05) is 12.6 Å². The van der Waals surface area contributed by atoms with Crippen molar-refractivity contribution in [2.24, 2.45) is 0 Å². The van der Waals surface area contributed by atoms with Gasteiger partial charge in [0.2, 0.25) is 5.91 Å². The van der Waals surface area contributed by atoms with E-state index < -0.39 is 35.7 Å². The van der Waals surface area contributed by atoms with Gasteiger partial charge in [-0.15, -0.1) is 0 Å². The van der Waals surface area contributed by atoms with Crippen molar-refractivity contribution in [2.45, 2.75) is 70.2 Å². The maximum Gasteiger partial charge on any atom is 0.411 e. The highest BCUT2D eigenvalue weighted by Crippen LogP contribution is 2.39. The summed E-state index contributed by atoms with van der Waals surface area (Å²) in [5.74, 6) is -1.07. The zero-order chi connectivity index (χ0) is 25.2. The predicted molar refractivity (Wildman–Crippen MR) is 132 cm³/mol. The van der Waals surface area contributed by atoms with Gasteiger partial charge in [-0.1, -0.05) is 60.7 Å². The van der Waals surface area contributed by atoms with Crippen LogP contribution in [0.5, 0.6) is 0 Å². The molecule has 7 nitrogen and oxygen atoms in total. The minimum atomic E-state index is -0.903. The van der Waals surface area contributed by atoms with Gasteiger partial charge in [0.05, 0.1) is 18.6 Å². The lowest BCUT2D eigenvalue weighted by Crippen LogP contribution is -2.66. The Labute approximate surface area is 207 Å². The van der Waals surface area contributed by atoms with Crippen molar-refractivity contribution in [1.29, 1.82) is 0 Å². The number of esters is 1. The Morgan fingerprint density at radius 3 is 2.03 bits per heavy atom. The third kappa shape index (κ3) is 5.19. The molecule has 3 atom stereocenters. The predicted octanol–water partition coefficient (Wildman–Crippen LogP) is 4.36. The average molecular weight is 479 g/mol. The summed E-state index contributed by atoms with van der Waals surface area (Å²) in [6.07, 6.45) is 0.777. The summed E-state index contributed by atoms with van der Waals surface area (Å²) in [5, 5.41) is 0. The molecule has 2 amide bonds. The maximum absolute atomic E-state index is 14.2. The van der Waals surface area contributed by atoms with Crippen molar-refractivity contribution in [3.63, 3.8) is 0 Å². The molecule has 2 bridgehead atoms. The molecule has 2 saturated heterocycles. The number of hydrogen-bond donors (Lipinski definition) is 0. The molecule has 4 rings (SSSR count). The lowest BCUT2D eigenvalue weighted by Gasteiger charge is -2.46. The molecule has 2 aliphatic heterocycles. The van der Waals surface area contributed by atoms with Crippen molar-refractivity contribution in [3.8, 4) is 0 Å². The Kier molecular flexibility index (Phi) is 7.15. The van der Waals surface area contributed by atoms with E-state index in [2.05, 4.69) is 0 Å². The van der Waals surface area contributed by atoms with Crippen LogP contribution in [0.3, 0.4) is 0 Å². The smallest absolute Gasteiger partial charge is 0.411 e. The van der Waals surface area contributed by atoms with Gasteiger partial charge in [-0.3, -0.25) is 9.69 Å². The minimum Gasteiger partial charge on any atom is -0.464 e. The Bertz CT molecular complexity index is 1010.